The van der Waals surface area contributed by atoms with Crippen LogP contribution >= 0.6 is 0 Å². The van der Waals surface area contributed by atoms with Crippen molar-refractivity contribution in [1.29, 1.82) is 0 Å². The van der Waals surface area contributed by atoms with Gasteiger partial charge in [0.2, 0.25) is 5.91 Å². The van der Waals surface area contributed by atoms with Crippen molar-refractivity contribution in [3.05, 3.63) is 0 Å². The van der Waals surface area contributed by atoms with E-state index < -0.39 is 0 Å². The molecule has 0 aliphatic carbocycles. The Morgan fingerprint density at radius 3 is 2.76 bits per heavy atom. The molecule has 0 aromatic carbocycles. The summed E-state index contributed by atoms with van der Waals surface area (Å²) in [5.41, 5.74) is 5.80. The summed E-state index contributed by atoms with van der Waals surface area (Å²) in [6.45, 7) is 7.44. The zero-order valence-corrected chi connectivity index (χ0v) is 11.1. The molecule has 1 fully saturated rings. The summed E-state index contributed by atoms with van der Waals surface area (Å²) in [4.78, 5) is 16.3. The normalized spacial score (nSPS) is 20.9. The molecule has 1 aliphatic rings. The van der Waals surface area contributed by atoms with Gasteiger partial charge in [-0.15, -0.1) is 0 Å². The third-order valence-corrected chi connectivity index (χ3v) is 3.34. The second kappa shape index (κ2) is 7.63. The number of rotatable bonds is 5. The highest BCUT2D eigenvalue weighted by Gasteiger charge is 2.21. The van der Waals surface area contributed by atoms with E-state index in [1.807, 2.05) is 6.92 Å². The maximum atomic E-state index is 11.6. The second-order valence-electron chi connectivity index (χ2n) is 4.74. The summed E-state index contributed by atoms with van der Waals surface area (Å²) in [5, 5.41) is 2.84. The van der Waals surface area contributed by atoms with Gasteiger partial charge in [-0.25, -0.2) is 0 Å². The number of nitrogens with zero attached hydrogens (tertiary/aromatic N) is 2. The lowest BCUT2D eigenvalue weighted by atomic mass is 10.1. The van der Waals surface area contributed by atoms with Crippen LogP contribution < -0.4 is 11.1 Å². The summed E-state index contributed by atoms with van der Waals surface area (Å²) in [5.74, 6) is 0.112. The molecule has 1 saturated heterocycles. The maximum absolute atomic E-state index is 11.6. The monoisotopic (exact) mass is 242 g/mol. The minimum atomic E-state index is 0.112. The number of hydrogen-bond acceptors (Lipinski definition) is 4. The van der Waals surface area contributed by atoms with Crippen molar-refractivity contribution in [2.45, 2.75) is 25.8 Å². The van der Waals surface area contributed by atoms with Gasteiger partial charge in [0.25, 0.3) is 0 Å². The van der Waals surface area contributed by atoms with Crippen LogP contribution in [-0.2, 0) is 4.79 Å². The Kier molecular flexibility index (Phi) is 6.47. The first-order valence-corrected chi connectivity index (χ1v) is 6.56. The van der Waals surface area contributed by atoms with Crippen LogP contribution in [0.3, 0.4) is 0 Å². The van der Waals surface area contributed by atoms with E-state index in [-0.39, 0.29) is 11.9 Å². The second-order valence-corrected chi connectivity index (χ2v) is 4.74. The molecule has 1 atom stereocenters. The van der Waals surface area contributed by atoms with E-state index in [9.17, 15) is 4.79 Å². The molecule has 100 valence electrons. The number of carbonyl (C=O) groups excluding carboxylic acids is 1. The fourth-order valence-electron chi connectivity index (χ4n) is 2.28. The predicted octanol–water partition coefficient (Wildman–Crippen LogP) is -0.523. The highest BCUT2D eigenvalue weighted by atomic mass is 16.1. The van der Waals surface area contributed by atoms with Crippen LogP contribution in [0.15, 0.2) is 0 Å². The van der Waals surface area contributed by atoms with Gasteiger partial charge in [0, 0.05) is 38.6 Å². The van der Waals surface area contributed by atoms with Gasteiger partial charge in [-0.2, -0.15) is 0 Å². The van der Waals surface area contributed by atoms with Crippen molar-refractivity contribution in [2.75, 3.05) is 46.3 Å². The average Bonchev–Trinajstić information content (AvgIpc) is 2.51. The first kappa shape index (κ1) is 14.4. The fraction of sp³-hybridized carbons (Fsp3) is 0.917. The number of likely N-dealkylation sites (N-methyl/N-ethyl adjacent to an activating group) is 1. The average molecular weight is 242 g/mol. The van der Waals surface area contributed by atoms with Crippen molar-refractivity contribution in [1.82, 2.24) is 15.1 Å². The van der Waals surface area contributed by atoms with Gasteiger partial charge < -0.3 is 16.0 Å². The topological polar surface area (TPSA) is 61.6 Å². The molecular weight excluding hydrogens is 216 g/mol. The Hall–Kier alpha value is -0.650. The zero-order valence-electron chi connectivity index (χ0n) is 11.1. The van der Waals surface area contributed by atoms with Crippen molar-refractivity contribution in [3.63, 3.8) is 0 Å². The Morgan fingerprint density at radius 1 is 1.35 bits per heavy atom. The molecule has 3 N–H and O–H groups in total. The molecule has 1 rings (SSSR count). The number of nitrogens with one attached hydrogen (secondary N) is 1. The van der Waals surface area contributed by atoms with Gasteiger partial charge in [0.1, 0.15) is 0 Å². The van der Waals surface area contributed by atoms with Crippen molar-refractivity contribution in [2.24, 2.45) is 5.73 Å². The maximum Gasteiger partial charge on any atom is 0.221 e. The van der Waals surface area contributed by atoms with E-state index in [0.29, 0.717) is 19.5 Å². The largest absolute Gasteiger partial charge is 0.356 e. The van der Waals surface area contributed by atoms with Gasteiger partial charge in [-0.3, -0.25) is 9.69 Å². The lowest BCUT2D eigenvalue weighted by Crippen LogP contribution is -2.45. The van der Waals surface area contributed by atoms with Crippen LogP contribution in [0.1, 0.15) is 19.8 Å². The third-order valence-electron chi connectivity index (χ3n) is 3.34. The fourth-order valence-corrected chi connectivity index (χ4v) is 2.28. The minimum Gasteiger partial charge on any atom is -0.356 e. The summed E-state index contributed by atoms with van der Waals surface area (Å²) >= 11 is 0. The molecule has 0 bridgehead atoms. The summed E-state index contributed by atoms with van der Waals surface area (Å²) in [6, 6.07) is 0.188. The molecule has 1 amide bonds. The predicted molar refractivity (Wildman–Crippen MR) is 69.8 cm³/mol. The SMILES string of the molecule is CCNC(=O)CC(CN)N1CCCN(C)CC1. The minimum absolute atomic E-state index is 0.112. The number of hydrogen-bond donors (Lipinski definition) is 2. The van der Waals surface area contributed by atoms with Gasteiger partial charge in [-0.1, -0.05) is 0 Å². The standard InChI is InChI=1S/C12H26N4O/c1-3-14-12(17)9-11(10-13)16-6-4-5-15(2)7-8-16/h11H,3-10,13H2,1-2H3,(H,14,17). The van der Waals surface area contributed by atoms with Gasteiger partial charge in [0.15, 0.2) is 0 Å². The molecule has 0 aromatic rings. The molecule has 1 aliphatic heterocycles. The molecule has 5 heteroatoms. The van der Waals surface area contributed by atoms with Crippen LogP contribution in [0.4, 0.5) is 0 Å². The Morgan fingerprint density at radius 2 is 2.12 bits per heavy atom. The third kappa shape index (κ3) is 5.02. The van der Waals surface area contributed by atoms with Gasteiger partial charge in [-0.05, 0) is 33.5 Å². The van der Waals surface area contributed by atoms with E-state index in [1.54, 1.807) is 0 Å². The first-order chi connectivity index (χ1) is 8.17. The molecule has 5 nitrogen and oxygen atoms in total. The zero-order chi connectivity index (χ0) is 12.7. The van der Waals surface area contributed by atoms with Gasteiger partial charge in [0.05, 0.1) is 0 Å². The first-order valence-electron chi connectivity index (χ1n) is 6.56. The molecule has 0 saturated carbocycles. The van der Waals surface area contributed by atoms with Crippen molar-refractivity contribution in [3.8, 4) is 0 Å². The number of nitrogens with two attached hydrogens (primary N) is 1. The molecule has 0 spiro atoms. The van der Waals surface area contributed by atoms with Gasteiger partial charge >= 0.3 is 0 Å². The summed E-state index contributed by atoms with van der Waals surface area (Å²) in [6.07, 6.45) is 1.68. The van der Waals surface area contributed by atoms with Crippen LogP contribution in [-0.4, -0.2) is 68.1 Å². The highest BCUT2D eigenvalue weighted by Crippen LogP contribution is 2.08. The number of amides is 1. The van der Waals surface area contributed by atoms with Crippen LogP contribution in [0.25, 0.3) is 0 Å². The molecule has 0 radical (unpaired) electrons. The molecular formula is C12H26N4O. The van der Waals surface area contributed by atoms with Crippen LogP contribution in [0.5, 0.6) is 0 Å². The molecule has 1 unspecified atom stereocenters. The van der Waals surface area contributed by atoms with Crippen LogP contribution in [0, 0.1) is 0 Å². The lowest BCUT2D eigenvalue weighted by molar-refractivity contribution is -0.122. The van der Waals surface area contributed by atoms with E-state index in [0.717, 1.165) is 32.6 Å². The Bertz CT molecular complexity index is 235. The Balaban J connectivity index is 2.45. The van der Waals surface area contributed by atoms with E-state index in [4.69, 9.17) is 5.73 Å². The quantitative estimate of drug-likeness (QED) is 0.681. The summed E-state index contributed by atoms with van der Waals surface area (Å²) in [7, 11) is 2.14. The lowest BCUT2D eigenvalue weighted by Gasteiger charge is -2.29. The molecule has 0 aromatic heterocycles. The highest BCUT2D eigenvalue weighted by molar-refractivity contribution is 5.76. The smallest absolute Gasteiger partial charge is 0.221 e. The molecule has 1 heterocycles. The van der Waals surface area contributed by atoms with E-state index >= 15 is 0 Å². The van der Waals surface area contributed by atoms with E-state index in [2.05, 4.69) is 22.2 Å². The Labute approximate surface area is 104 Å². The summed E-state index contributed by atoms with van der Waals surface area (Å²) < 4.78 is 0. The number of carbonyl (C=O) groups is 1. The van der Waals surface area contributed by atoms with E-state index in [1.165, 1.54) is 0 Å². The van der Waals surface area contributed by atoms with Crippen molar-refractivity contribution < 1.29 is 4.79 Å². The van der Waals surface area contributed by atoms with Crippen LogP contribution in [0.2, 0.25) is 0 Å². The van der Waals surface area contributed by atoms with Crippen molar-refractivity contribution >= 4 is 5.91 Å². The molecule has 17 heavy (non-hydrogen) atoms.